The molecular formula is C14H17NO2. The molecule has 0 atom stereocenters. The van der Waals surface area contributed by atoms with Crippen molar-refractivity contribution in [1.82, 2.24) is 0 Å². The van der Waals surface area contributed by atoms with E-state index >= 15 is 0 Å². The molecule has 2 saturated carbocycles. The van der Waals surface area contributed by atoms with E-state index in [-0.39, 0.29) is 11.3 Å². The predicted octanol–water partition coefficient (Wildman–Crippen LogP) is 2.66. The molecule has 0 aromatic heterocycles. The second-order valence-electron chi connectivity index (χ2n) is 5.35. The normalized spacial score (nSPS) is 28.3. The molecule has 0 saturated heterocycles. The Balaban J connectivity index is 1.82. The van der Waals surface area contributed by atoms with Crippen LogP contribution >= 0.6 is 0 Å². The topological polar surface area (TPSA) is 38.3 Å². The number of anilines is 1. The highest BCUT2D eigenvalue weighted by Crippen LogP contribution is 2.75. The zero-order chi connectivity index (χ0) is 12.2. The quantitative estimate of drug-likeness (QED) is 0.868. The molecule has 0 spiro atoms. The summed E-state index contributed by atoms with van der Waals surface area (Å²) in [6.07, 6.45) is 2.18. The predicted molar refractivity (Wildman–Crippen MR) is 66.3 cm³/mol. The number of amides is 1. The van der Waals surface area contributed by atoms with Gasteiger partial charge >= 0.3 is 0 Å². The van der Waals surface area contributed by atoms with E-state index in [4.69, 9.17) is 4.74 Å². The summed E-state index contributed by atoms with van der Waals surface area (Å²) in [5.74, 6) is 1.76. The van der Waals surface area contributed by atoms with Crippen molar-refractivity contribution >= 4 is 11.6 Å². The van der Waals surface area contributed by atoms with Crippen LogP contribution in [0.15, 0.2) is 12.1 Å². The zero-order valence-corrected chi connectivity index (χ0v) is 10.5. The first kappa shape index (κ1) is 10.6. The molecule has 0 bridgehead atoms. The van der Waals surface area contributed by atoms with E-state index in [0.717, 1.165) is 35.4 Å². The third-order valence-electron chi connectivity index (χ3n) is 4.12. The molecule has 0 aliphatic heterocycles. The molecule has 3 nitrogen and oxygen atoms in total. The maximum Gasteiger partial charge on any atom is 0.230 e. The number of hydrogen-bond donors (Lipinski definition) is 1. The number of rotatable bonds is 3. The van der Waals surface area contributed by atoms with Gasteiger partial charge in [0, 0.05) is 5.69 Å². The summed E-state index contributed by atoms with van der Waals surface area (Å²) in [7, 11) is 1.66. The number of benzene rings is 1. The van der Waals surface area contributed by atoms with Gasteiger partial charge in [0.1, 0.15) is 5.75 Å². The van der Waals surface area contributed by atoms with E-state index in [1.807, 2.05) is 26.0 Å². The van der Waals surface area contributed by atoms with Gasteiger partial charge in [-0.3, -0.25) is 4.79 Å². The van der Waals surface area contributed by atoms with Crippen LogP contribution in [0.2, 0.25) is 0 Å². The van der Waals surface area contributed by atoms with Gasteiger partial charge in [-0.1, -0.05) is 0 Å². The Labute approximate surface area is 101 Å². The van der Waals surface area contributed by atoms with Crippen molar-refractivity contribution in [1.29, 1.82) is 0 Å². The highest BCUT2D eigenvalue weighted by molar-refractivity contribution is 6.01. The summed E-state index contributed by atoms with van der Waals surface area (Å²) < 4.78 is 5.26. The lowest BCUT2D eigenvalue weighted by atomic mass is 10.1. The van der Waals surface area contributed by atoms with Gasteiger partial charge < -0.3 is 10.1 Å². The van der Waals surface area contributed by atoms with Gasteiger partial charge in [-0.15, -0.1) is 0 Å². The minimum absolute atomic E-state index is 0.0280. The molecule has 3 rings (SSSR count). The SMILES string of the molecule is COc1cc(C)c(NC(=O)C23CC2C3)cc1C. The second kappa shape index (κ2) is 3.25. The Morgan fingerprint density at radius 2 is 2.00 bits per heavy atom. The van der Waals surface area contributed by atoms with Crippen molar-refractivity contribution in [3.05, 3.63) is 23.3 Å². The van der Waals surface area contributed by atoms with E-state index in [1.54, 1.807) is 7.11 Å². The Hall–Kier alpha value is -1.51. The molecule has 1 amide bonds. The number of methoxy groups -OCH3 is 1. The molecule has 2 aliphatic rings. The van der Waals surface area contributed by atoms with Crippen LogP contribution in [0.3, 0.4) is 0 Å². The van der Waals surface area contributed by atoms with Gasteiger partial charge in [0.15, 0.2) is 0 Å². The summed E-state index contributed by atoms with van der Waals surface area (Å²) in [5, 5.41) is 3.05. The number of nitrogens with one attached hydrogen (secondary N) is 1. The maximum absolute atomic E-state index is 12.0. The summed E-state index contributed by atoms with van der Waals surface area (Å²) in [6, 6.07) is 3.96. The molecule has 1 N–H and O–H groups in total. The van der Waals surface area contributed by atoms with Crippen molar-refractivity contribution in [2.75, 3.05) is 12.4 Å². The number of carbonyl (C=O) groups excluding carboxylic acids is 1. The molecule has 17 heavy (non-hydrogen) atoms. The monoisotopic (exact) mass is 231 g/mol. The summed E-state index contributed by atoms with van der Waals surface area (Å²) in [6.45, 7) is 3.98. The van der Waals surface area contributed by atoms with Gasteiger partial charge in [0.05, 0.1) is 12.5 Å². The number of hydrogen-bond acceptors (Lipinski definition) is 2. The second-order valence-corrected chi connectivity index (χ2v) is 5.35. The molecule has 0 unspecified atom stereocenters. The summed E-state index contributed by atoms with van der Waals surface area (Å²) >= 11 is 0. The summed E-state index contributed by atoms with van der Waals surface area (Å²) in [5.41, 5.74) is 3.05. The third kappa shape index (κ3) is 1.53. The smallest absolute Gasteiger partial charge is 0.230 e. The van der Waals surface area contributed by atoms with Crippen molar-refractivity contribution < 1.29 is 9.53 Å². The van der Waals surface area contributed by atoms with Crippen LogP contribution in [-0.4, -0.2) is 13.0 Å². The van der Waals surface area contributed by atoms with Gasteiger partial charge in [-0.05, 0) is 55.9 Å². The number of ether oxygens (including phenoxy) is 1. The summed E-state index contributed by atoms with van der Waals surface area (Å²) in [4.78, 5) is 12.0. The molecular weight excluding hydrogens is 214 g/mol. The first-order chi connectivity index (χ1) is 8.06. The standard InChI is InChI=1S/C14H17NO2/c1-8-5-12(17-3)9(2)4-11(8)15-13(16)14-6-10(14)7-14/h4-5,10H,6-7H2,1-3H3,(H,15,16). The highest BCUT2D eigenvalue weighted by Gasteiger charge is 2.74. The Morgan fingerprint density at radius 3 is 2.53 bits per heavy atom. The highest BCUT2D eigenvalue weighted by atomic mass is 16.5. The molecule has 0 heterocycles. The third-order valence-corrected chi connectivity index (χ3v) is 4.12. The molecule has 90 valence electrons. The molecule has 1 aromatic rings. The first-order valence-corrected chi connectivity index (χ1v) is 6.03. The van der Waals surface area contributed by atoms with E-state index < -0.39 is 0 Å². The van der Waals surface area contributed by atoms with Crippen LogP contribution in [0.25, 0.3) is 0 Å². The van der Waals surface area contributed by atoms with Crippen LogP contribution < -0.4 is 10.1 Å². The minimum Gasteiger partial charge on any atom is -0.496 e. The van der Waals surface area contributed by atoms with E-state index in [9.17, 15) is 4.79 Å². The lowest BCUT2D eigenvalue weighted by molar-refractivity contribution is -0.119. The fraction of sp³-hybridized carbons (Fsp3) is 0.500. The van der Waals surface area contributed by atoms with E-state index in [2.05, 4.69) is 5.32 Å². The zero-order valence-electron chi connectivity index (χ0n) is 10.5. The molecule has 2 fully saturated rings. The fourth-order valence-corrected chi connectivity index (χ4v) is 2.46. The van der Waals surface area contributed by atoms with Crippen LogP contribution in [0.1, 0.15) is 24.0 Å². The Bertz CT molecular complexity index is 501. The van der Waals surface area contributed by atoms with E-state index in [1.165, 1.54) is 0 Å². The largest absolute Gasteiger partial charge is 0.496 e. The fourth-order valence-electron chi connectivity index (χ4n) is 2.46. The first-order valence-electron chi connectivity index (χ1n) is 6.03. The molecule has 1 aromatic carbocycles. The average molecular weight is 231 g/mol. The van der Waals surface area contributed by atoms with Gasteiger partial charge in [-0.25, -0.2) is 0 Å². The van der Waals surface area contributed by atoms with Gasteiger partial charge in [-0.2, -0.15) is 0 Å². The van der Waals surface area contributed by atoms with Crippen molar-refractivity contribution in [3.8, 4) is 5.75 Å². The molecule has 2 aliphatic carbocycles. The van der Waals surface area contributed by atoms with Gasteiger partial charge in [0.25, 0.3) is 0 Å². The Kier molecular flexibility index (Phi) is 2.03. The van der Waals surface area contributed by atoms with Crippen molar-refractivity contribution in [2.24, 2.45) is 11.3 Å². The lowest BCUT2D eigenvalue weighted by Crippen LogP contribution is -2.18. The minimum atomic E-state index is 0.0280. The van der Waals surface area contributed by atoms with Crippen LogP contribution in [0.4, 0.5) is 5.69 Å². The van der Waals surface area contributed by atoms with E-state index in [0.29, 0.717) is 5.92 Å². The molecule has 3 heteroatoms. The Morgan fingerprint density at radius 1 is 1.35 bits per heavy atom. The lowest BCUT2D eigenvalue weighted by Gasteiger charge is -2.13. The molecule has 0 radical (unpaired) electrons. The van der Waals surface area contributed by atoms with Gasteiger partial charge in [0.2, 0.25) is 5.91 Å². The average Bonchev–Trinajstić information content (AvgIpc) is 3.10. The van der Waals surface area contributed by atoms with Crippen LogP contribution in [-0.2, 0) is 4.79 Å². The van der Waals surface area contributed by atoms with Crippen molar-refractivity contribution in [3.63, 3.8) is 0 Å². The maximum atomic E-state index is 12.0. The van der Waals surface area contributed by atoms with Crippen molar-refractivity contribution in [2.45, 2.75) is 26.7 Å². The van der Waals surface area contributed by atoms with Crippen LogP contribution in [0, 0.1) is 25.2 Å². The van der Waals surface area contributed by atoms with Crippen LogP contribution in [0.5, 0.6) is 5.75 Å². The number of carbonyl (C=O) groups is 1. The number of fused-ring (bicyclic) bond motifs is 1. The number of aryl methyl sites for hydroxylation is 2.